The summed E-state index contributed by atoms with van der Waals surface area (Å²) in [5.41, 5.74) is 0. The Balaban J connectivity index is 2.67. The zero-order chi connectivity index (χ0) is 7.40. The van der Waals surface area contributed by atoms with Crippen molar-refractivity contribution in [1.29, 1.82) is 0 Å². The van der Waals surface area contributed by atoms with Crippen LogP contribution < -0.4 is 4.74 Å². The number of nitrogens with zero attached hydrogens (tertiary/aromatic N) is 2. The van der Waals surface area contributed by atoms with Gasteiger partial charge in [-0.15, -0.1) is 0 Å². The van der Waals surface area contributed by atoms with E-state index in [4.69, 9.17) is 5.11 Å². The van der Waals surface area contributed by atoms with Crippen LogP contribution in [-0.4, -0.2) is 21.2 Å². The van der Waals surface area contributed by atoms with Gasteiger partial charge in [0.2, 0.25) is 0 Å². The molecule has 0 unspecified atom stereocenters. The van der Waals surface area contributed by atoms with Crippen molar-refractivity contribution < 1.29 is 14.6 Å². The summed E-state index contributed by atoms with van der Waals surface area (Å²) in [6.45, 7) is 0. The van der Waals surface area contributed by atoms with Gasteiger partial charge in [0.15, 0.2) is 0 Å². The highest BCUT2D eigenvalue weighted by Crippen LogP contribution is 1.96. The third-order valence-electron chi connectivity index (χ3n) is 0.721. The lowest BCUT2D eigenvalue weighted by Crippen LogP contribution is -2.05. The van der Waals surface area contributed by atoms with Gasteiger partial charge in [-0.05, 0) is 6.07 Å². The van der Waals surface area contributed by atoms with Gasteiger partial charge in [0.05, 0.1) is 0 Å². The first kappa shape index (κ1) is 6.47. The van der Waals surface area contributed by atoms with Crippen LogP contribution in [0.5, 0.6) is 6.01 Å². The van der Waals surface area contributed by atoms with E-state index in [-0.39, 0.29) is 6.01 Å². The van der Waals surface area contributed by atoms with E-state index < -0.39 is 6.16 Å². The molecule has 1 heterocycles. The van der Waals surface area contributed by atoms with Crippen LogP contribution in [0.1, 0.15) is 0 Å². The molecule has 5 heteroatoms. The first-order chi connectivity index (χ1) is 4.79. The molecule has 0 aliphatic rings. The number of hydrogen-bond acceptors (Lipinski definition) is 4. The Bertz CT molecular complexity index is 224. The number of rotatable bonds is 1. The maximum atomic E-state index is 9.87. The highest BCUT2D eigenvalue weighted by molar-refractivity contribution is 5.59. The zero-order valence-corrected chi connectivity index (χ0v) is 4.89. The second-order valence-corrected chi connectivity index (χ2v) is 1.40. The molecule has 0 amide bonds. The van der Waals surface area contributed by atoms with Gasteiger partial charge in [-0.3, -0.25) is 0 Å². The largest absolute Gasteiger partial charge is 0.513 e. The number of carboxylic acid groups (broad SMARTS) is 1. The summed E-state index contributed by atoms with van der Waals surface area (Å²) >= 11 is 0. The summed E-state index contributed by atoms with van der Waals surface area (Å²) < 4.78 is 4.11. The molecule has 1 aromatic rings. The van der Waals surface area contributed by atoms with Crippen LogP contribution in [0.15, 0.2) is 18.5 Å². The molecular weight excluding hydrogens is 136 g/mol. The van der Waals surface area contributed by atoms with Crippen molar-refractivity contribution in [1.82, 2.24) is 9.97 Å². The van der Waals surface area contributed by atoms with E-state index in [1.165, 1.54) is 12.4 Å². The average Bonchev–Trinajstić information content (AvgIpc) is 1.88. The summed E-state index contributed by atoms with van der Waals surface area (Å²) in [5.74, 6) is 0. The molecule has 0 spiro atoms. The molecule has 1 rings (SSSR count). The molecule has 0 aliphatic heterocycles. The van der Waals surface area contributed by atoms with Crippen molar-refractivity contribution in [3.8, 4) is 6.01 Å². The topological polar surface area (TPSA) is 72.3 Å². The molecule has 10 heavy (non-hydrogen) atoms. The Morgan fingerprint density at radius 1 is 1.50 bits per heavy atom. The Kier molecular flexibility index (Phi) is 1.79. The third kappa shape index (κ3) is 1.70. The van der Waals surface area contributed by atoms with Gasteiger partial charge in [-0.1, -0.05) is 0 Å². The predicted octanol–water partition coefficient (Wildman–Crippen LogP) is 0.533. The van der Waals surface area contributed by atoms with Crippen molar-refractivity contribution >= 4 is 6.16 Å². The minimum absolute atomic E-state index is 0.157. The van der Waals surface area contributed by atoms with Crippen LogP contribution in [0.3, 0.4) is 0 Å². The number of aromatic nitrogens is 2. The first-order valence-electron chi connectivity index (χ1n) is 2.47. The molecular formula is C5H4N2O3. The van der Waals surface area contributed by atoms with Gasteiger partial charge < -0.3 is 9.84 Å². The van der Waals surface area contributed by atoms with E-state index >= 15 is 0 Å². The van der Waals surface area contributed by atoms with Crippen molar-refractivity contribution in [2.75, 3.05) is 0 Å². The fraction of sp³-hybridized carbons (Fsp3) is 0. The van der Waals surface area contributed by atoms with Gasteiger partial charge in [0.1, 0.15) is 0 Å². The molecule has 0 radical (unpaired) electrons. The molecule has 0 saturated heterocycles. The lowest BCUT2D eigenvalue weighted by Gasteiger charge is -1.92. The van der Waals surface area contributed by atoms with Gasteiger partial charge in [0.25, 0.3) is 0 Å². The molecule has 1 N–H and O–H groups in total. The maximum Gasteiger partial charge on any atom is 0.513 e. The van der Waals surface area contributed by atoms with Gasteiger partial charge in [-0.2, -0.15) is 0 Å². The first-order valence-corrected chi connectivity index (χ1v) is 2.47. The van der Waals surface area contributed by atoms with E-state index in [2.05, 4.69) is 14.7 Å². The van der Waals surface area contributed by atoms with Gasteiger partial charge >= 0.3 is 12.2 Å². The average molecular weight is 140 g/mol. The fourth-order valence-electron chi connectivity index (χ4n) is 0.416. The number of carbonyl (C=O) groups is 1. The molecule has 52 valence electrons. The summed E-state index contributed by atoms with van der Waals surface area (Å²) in [7, 11) is 0. The molecule has 0 fully saturated rings. The van der Waals surface area contributed by atoms with Crippen molar-refractivity contribution in [3.63, 3.8) is 0 Å². The van der Waals surface area contributed by atoms with Gasteiger partial charge in [-0.25, -0.2) is 14.8 Å². The second kappa shape index (κ2) is 2.77. The van der Waals surface area contributed by atoms with Crippen molar-refractivity contribution in [2.24, 2.45) is 0 Å². The van der Waals surface area contributed by atoms with E-state index in [1.807, 2.05) is 0 Å². The molecule has 0 saturated carbocycles. The molecule has 0 atom stereocenters. The lowest BCUT2D eigenvalue weighted by molar-refractivity contribution is 0.140. The molecule has 5 nitrogen and oxygen atoms in total. The van der Waals surface area contributed by atoms with E-state index in [9.17, 15) is 4.79 Å². The Morgan fingerprint density at radius 3 is 2.60 bits per heavy atom. The molecule has 0 aliphatic carbocycles. The van der Waals surface area contributed by atoms with E-state index in [1.54, 1.807) is 6.07 Å². The van der Waals surface area contributed by atoms with Crippen molar-refractivity contribution in [2.45, 2.75) is 0 Å². The Morgan fingerprint density at radius 2 is 2.10 bits per heavy atom. The summed E-state index contributed by atoms with van der Waals surface area (Å²) in [5, 5.41) is 8.06. The minimum Gasteiger partial charge on any atom is -0.449 e. The molecule has 1 aromatic heterocycles. The standard InChI is InChI=1S/C5H4N2O3/c8-5(9)10-4-6-2-1-3-7-4/h1-3H,(H,8,9). The van der Waals surface area contributed by atoms with Crippen LogP contribution >= 0.6 is 0 Å². The number of hydrogen-bond donors (Lipinski definition) is 1. The minimum atomic E-state index is -1.41. The highest BCUT2D eigenvalue weighted by Gasteiger charge is 1.99. The van der Waals surface area contributed by atoms with Crippen LogP contribution in [0, 0.1) is 0 Å². The molecule has 0 aromatic carbocycles. The smallest absolute Gasteiger partial charge is 0.449 e. The zero-order valence-electron chi connectivity index (χ0n) is 4.89. The van der Waals surface area contributed by atoms with Crippen LogP contribution in [0.4, 0.5) is 4.79 Å². The quantitative estimate of drug-likeness (QED) is 0.576. The third-order valence-corrected chi connectivity index (χ3v) is 0.721. The van der Waals surface area contributed by atoms with E-state index in [0.29, 0.717) is 0 Å². The highest BCUT2D eigenvalue weighted by atomic mass is 16.7. The fourth-order valence-corrected chi connectivity index (χ4v) is 0.416. The Hall–Kier alpha value is -1.65. The predicted molar refractivity (Wildman–Crippen MR) is 30.7 cm³/mol. The number of ether oxygens (including phenoxy) is 1. The Labute approximate surface area is 56.3 Å². The van der Waals surface area contributed by atoms with Crippen molar-refractivity contribution in [3.05, 3.63) is 18.5 Å². The monoisotopic (exact) mass is 140 g/mol. The summed E-state index contributed by atoms with van der Waals surface area (Å²) in [4.78, 5) is 16.9. The lowest BCUT2D eigenvalue weighted by atomic mass is 10.7. The van der Waals surface area contributed by atoms with Crippen LogP contribution in [0.2, 0.25) is 0 Å². The second-order valence-electron chi connectivity index (χ2n) is 1.40. The maximum absolute atomic E-state index is 9.87. The molecule has 0 bridgehead atoms. The van der Waals surface area contributed by atoms with Crippen LogP contribution in [0.25, 0.3) is 0 Å². The normalized spacial score (nSPS) is 8.80. The SMILES string of the molecule is O=C(O)Oc1ncccn1. The summed E-state index contributed by atoms with van der Waals surface area (Å²) in [6.07, 6.45) is 1.38. The van der Waals surface area contributed by atoms with Gasteiger partial charge in [0, 0.05) is 12.4 Å². The van der Waals surface area contributed by atoms with E-state index in [0.717, 1.165) is 0 Å². The van der Waals surface area contributed by atoms with Crippen LogP contribution in [-0.2, 0) is 0 Å². The summed E-state index contributed by atoms with van der Waals surface area (Å²) in [6, 6.07) is 1.41.